The lowest BCUT2D eigenvalue weighted by molar-refractivity contribution is -0.159. The first-order valence-electron chi connectivity index (χ1n) is 15.8. The molecule has 0 aliphatic heterocycles. The molecule has 0 bridgehead atoms. The molecule has 0 radical (unpaired) electrons. The minimum atomic E-state index is -0.934. The van der Waals surface area contributed by atoms with Crippen LogP contribution in [0.3, 0.4) is 0 Å². The van der Waals surface area contributed by atoms with Gasteiger partial charge < -0.3 is 29.3 Å². The Morgan fingerprint density at radius 2 is 1.27 bits per heavy atom. The molecular weight excluding hydrogens is 704 g/mol. The summed E-state index contributed by atoms with van der Waals surface area (Å²) in [6, 6.07) is 12.8. The molecule has 0 saturated carbocycles. The van der Waals surface area contributed by atoms with E-state index in [-0.39, 0.29) is 0 Å². The van der Waals surface area contributed by atoms with Gasteiger partial charge in [-0.25, -0.2) is 4.79 Å². The van der Waals surface area contributed by atoms with Crippen LogP contribution in [0.1, 0.15) is 64.5 Å². The highest BCUT2D eigenvalue weighted by atomic mass is 79.9. The van der Waals surface area contributed by atoms with Crippen LogP contribution in [0.2, 0.25) is 0 Å². The number of methoxy groups -OCH3 is 2. The van der Waals surface area contributed by atoms with Gasteiger partial charge in [0.2, 0.25) is 0 Å². The molecule has 0 aliphatic carbocycles. The number of hydrogen-bond acceptors (Lipinski definition) is 8. The average Bonchev–Trinajstić information content (AvgIpc) is 2.99. The van der Waals surface area contributed by atoms with E-state index in [1.54, 1.807) is 14.2 Å². The summed E-state index contributed by atoms with van der Waals surface area (Å²) in [7, 11) is 3.38. The summed E-state index contributed by atoms with van der Waals surface area (Å²) in [5, 5.41) is 2.67. The predicted octanol–water partition coefficient (Wildman–Crippen LogP) is 5.94. The van der Waals surface area contributed by atoms with Gasteiger partial charge in [0, 0.05) is 40.7 Å². The number of hydrogen-bond donors (Lipinski definition) is 2. The van der Waals surface area contributed by atoms with Gasteiger partial charge in [-0.1, -0.05) is 31.9 Å². The second kappa shape index (κ2) is 20.8. The highest BCUT2D eigenvalue weighted by Gasteiger charge is 2.19. The summed E-state index contributed by atoms with van der Waals surface area (Å²) in [6.45, 7) is 12.5. The summed E-state index contributed by atoms with van der Waals surface area (Å²) in [6.07, 6.45) is 3.75. The fourth-order valence-electron chi connectivity index (χ4n) is 5.13. The third kappa shape index (κ3) is 14.4. The molecule has 1 amide bonds. The average molecular weight is 757 g/mol. The van der Waals surface area contributed by atoms with E-state index in [0.717, 1.165) is 89.9 Å². The van der Waals surface area contributed by atoms with Crippen molar-refractivity contribution in [3.05, 3.63) is 56.5 Å². The molecule has 2 rings (SSSR count). The van der Waals surface area contributed by atoms with E-state index >= 15 is 0 Å². The maximum atomic E-state index is 12.3. The maximum Gasteiger partial charge on any atom is 0.398 e. The molecule has 1 atom stereocenters. The topological polar surface area (TPSA) is 106 Å². The number of nitrogens with one attached hydrogen (secondary N) is 1. The first-order valence-corrected chi connectivity index (χ1v) is 17.4. The number of ether oxygens (including phenoxy) is 3. The van der Waals surface area contributed by atoms with E-state index in [9.17, 15) is 9.59 Å². The number of carbonyl (C=O) groups excluding carboxylic acids is 2. The van der Waals surface area contributed by atoms with Gasteiger partial charge in [0.05, 0.1) is 14.2 Å². The van der Waals surface area contributed by atoms with E-state index in [1.165, 1.54) is 0 Å². The van der Waals surface area contributed by atoms with Crippen LogP contribution < -0.4 is 20.5 Å². The third-order valence-electron chi connectivity index (χ3n) is 7.82. The number of rotatable bonds is 20. The Bertz CT molecular complexity index is 1200. The monoisotopic (exact) mass is 754 g/mol. The zero-order valence-electron chi connectivity index (χ0n) is 27.7. The Morgan fingerprint density at radius 1 is 0.778 bits per heavy atom. The van der Waals surface area contributed by atoms with E-state index in [0.29, 0.717) is 25.0 Å². The predicted molar refractivity (Wildman–Crippen MR) is 188 cm³/mol. The Kier molecular flexibility index (Phi) is 18.1. The van der Waals surface area contributed by atoms with Crippen molar-refractivity contribution < 1.29 is 23.8 Å². The molecule has 252 valence electrons. The molecule has 9 nitrogen and oxygen atoms in total. The molecular formula is C34H52Br2N4O5. The van der Waals surface area contributed by atoms with E-state index in [4.69, 9.17) is 19.9 Å². The van der Waals surface area contributed by atoms with Gasteiger partial charge in [0.25, 0.3) is 0 Å². The highest BCUT2D eigenvalue weighted by molar-refractivity contribution is 9.10. The van der Waals surface area contributed by atoms with Gasteiger partial charge in [-0.3, -0.25) is 10.5 Å². The molecule has 45 heavy (non-hydrogen) atoms. The standard InChI is InChI=1S/C34H52Br2N4O5/c1-24(2)39(20-15-26-22-28(35)11-13-30(26)43-5)18-8-7-17-38-33(41)34(42)45-32(37)10-9-19-40(25(3)4)21-16-27-23-29(36)12-14-31(27)44-6/h11-14,22-25,32H,7-10,15-21,37H2,1-6H3,(H,38,41). The van der Waals surface area contributed by atoms with Gasteiger partial charge >= 0.3 is 11.9 Å². The van der Waals surface area contributed by atoms with Crippen LogP contribution in [0.15, 0.2) is 45.3 Å². The van der Waals surface area contributed by atoms with Crippen LogP contribution in [0.4, 0.5) is 0 Å². The largest absolute Gasteiger partial charge is 0.496 e. The molecule has 0 aliphatic rings. The number of nitrogens with zero attached hydrogens (tertiary/aromatic N) is 2. The van der Waals surface area contributed by atoms with Crippen molar-refractivity contribution >= 4 is 43.7 Å². The van der Waals surface area contributed by atoms with E-state index < -0.39 is 18.1 Å². The minimum Gasteiger partial charge on any atom is -0.496 e. The molecule has 2 aromatic rings. The number of unbranched alkanes of at least 4 members (excludes halogenated alkanes) is 1. The summed E-state index contributed by atoms with van der Waals surface area (Å²) in [5.74, 6) is 0.0829. The van der Waals surface area contributed by atoms with Crippen LogP contribution in [0.5, 0.6) is 11.5 Å². The summed E-state index contributed by atoms with van der Waals surface area (Å²) in [5.41, 5.74) is 8.36. The van der Waals surface area contributed by atoms with E-state index in [1.807, 2.05) is 24.3 Å². The highest BCUT2D eigenvalue weighted by Crippen LogP contribution is 2.25. The second-order valence-corrected chi connectivity index (χ2v) is 13.6. The van der Waals surface area contributed by atoms with Gasteiger partial charge in [0.1, 0.15) is 11.5 Å². The molecule has 0 aromatic heterocycles. The second-order valence-electron chi connectivity index (χ2n) is 11.7. The van der Waals surface area contributed by atoms with Crippen molar-refractivity contribution in [3.63, 3.8) is 0 Å². The quantitative estimate of drug-likeness (QED) is 0.0741. The van der Waals surface area contributed by atoms with Crippen molar-refractivity contribution in [2.75, 3.05) is 46.9 Å². The van der Waals surface area contributed by atoms with Crippen molar-refractivity contribution in [2.45, 2.75) is 84.5 Å². The zero-order chi connectivity index (χ0) is 33.4. The van der Waals surface area contributed by atoms with E-state index in [2.05, 4.69) is 86.8 Å². The van der Waals surface area contributed by atoms with Gasteiger partial charge in [-0.05, 0) is 127 Å². The first kappa shape index (κ1) is 39.0. The number of benzene rings is 2. The lowest BCUT2D eigenvalue weighted by Gasteiger charge is -2.27. The number of esters is 1. The van der Waals surface area contributed by atoms with Gasteiger partial charge in [-0.15, -0.1) is 0 Å². The molecule has 2 aromatic carbocycles. The van der Waals surface area contributed by atoms with Crippen LogP contribution >= 0.6 is 31.9 Å². The lowest BCUT2D eigenvalue weighted by Crippen LogP contribution is -2.39. The smallest absolute Gasteiger partial charge is 0.398 e. The fourth-order valence-corrected chi connectivity index (χ4v) is 5.95. The van der Waals surface area contributed by atoms with Gasteiger partial charge in [-0.2, -0.15) is 0 Å². The minimum absolute atomic E-state index is 0.343. The zero-order valence-corrected chi connectivity index (χ0v) is 30.9. The van der Waals surface area contributed by atoms with Crippen molar-refractivity contribution in [1.82, 2.24) is 15.1 Å². The molecule has 3 N–H and O–H groups in total. The Labute approximate surface area is 286 Å². The number of carbonyl (C=O) groups is 2. The first-order chi connectivity index (χ1) is 21.4. The van der Waals surface area contributed by atoms with Crippen molar-refractivity contribution in [1.29, 1.82) is 0 Å². The summed E-state index contributed by atoms with van der Waals surface area (Å²) >= 11 is 7.08. The third-order valence-corrected chi connectivity index (χ3v) is 8.80. The fraction of sp³-hybridized carbons (Fsp3) is 0.588. The Morgan fingerprint density at radius 3 is 1.73 bits per heavy atom. The molecule has 1 unspecified atom stereocenters. The normalized spacial score (nSPS) is 12.2. The van der Waals surface area contributed by atoms with Crippen LogP contribution in [0.25, 0.3) is 0 Å². The lowest BCUT2D eigenvalue weighted by atomic mass is 10.1. The molecule has 0 fully saturated rings. The molecule has 0 saturated heterocycles. The number of amides is 1. The number of halogens is 2. The molecule has 11 heteroatoms. The Hall–Kier alpha value is -2.18. The van der Waals surface area contributed by atoms with Crippen LogP contribution in [0, 0.1) is 0 Å². The van der Waals surface area contributed by atoms with Gasteiger partial charge in [0.15, 0.2) is 6.23 Å². The SMILES string of the molecule is COc1ccc(Br)cc1CCN(CCCCNC(=O)C(=O)OC(N)CCCN(CCc1cc(Br)ccc1OC)C(C)C)C(C)C. The summed E-state index contributed by atoms with van der Waals surface area (Å²) in [4.78, 5) is 29.4. The maximum absolute atomic E-state index is 12.3. The number of nitrogens with two attached hydrogens (primary N) is 1. The van der Waals surface area contributed by atoms with Crippen molar-refractivity contribution in [3.8, 4) is 11.5 Å². The molecule has 0 spiro atoms. The molecule has 0 heterocycles. The summed E-state index contributed by atoms with van der Waals surface area (Å²) < 4.78 is 18.3. The van der Waals surface area contributed by atoms with Crippen LogP contribution in [-0.2, 0) is 27.2 Å². The van der Waals surface area contributed by atoms with Crippen LogP contribution in [-0.4, -0.2) is 86.9 Å². The Balaban J connectivity index is 1.67. The van der Waals surface area contributed by atoms with Crippen molar-refractivity contribution in [2.24, 2.45) is 5.73 Å².